The molecule has 4 heteroatoms. The summed E-state index contributed by atoms with van der Waals surface area (Å²) in [7, 11) is 3.26. The Kier molecular flexibility index (Phi) is 2.37. The van der Waals surface area contributed by atoms with E-state index in [0.717, 1.165) is 22.4 Å². The second-order valence-electron chi connectivity index (χ2n) is 2.92. The number of nitrogens with zero attached hydrogens (tertiary/aromatic N) is 1. The fourth-order valence-electron chi connectivity index (χ4n) is 1.34. The molecule has 0 unspecified atom stereocenters. The van der Waals surface area contributed by atoms with Gasteiger partial charge in [0.2, 0.25) is 0 Å². The Labute approximate surface area is 81.4 Å². The molecule has 0 aliphatic heterocycles. The first-order valence-corrected chi connectivity index (χ1v) is 4.26. The van der Waals surface area contributed by atoms with Gasteiger partial charge in [-0.1, -0.05) is 5.16 Å². The van der Waals surface area contributed by atoms with E-state index in [1.54, 1.807) is 14.2 Å². The molecule has 0 saturated heterocycles. The zero-order valence-electron chi connectivity index (χ0n) is 8.11. The van der Waals surface area contributed by atoms with E-state index in [1.165, 1.54) is 0 Å². The van der Waals surface area contributed by atoms with E-state index in [4.69, 9.17) is 14.0 Å². The minimum Gasteiger partial charge on any atom is -0.497 e. The second kappa shape index (κ2) is 3.67. The summed E-state index contributed by atoms with van der Waals surface area (Å²) in [6.45, 7) is 0.445. The summed E-state index contributed by atoms with van der Waals surface area (Å²) in [5.74, 6) is 0.790. The molecule has 1 aromatic carbocycles. The number of ether oxygens (including phenoxy) is 2. The molecule has 0 spiro atoms. The lowest BCUT2D eigenvalue weighted by Gasteiger charge is -1.98. The lowest BCUT2D eigenvalue weighted by atomic mass is 10.2. The van der Waals surface area contributed by atoms with Crippen LogP contribution >= 0.6 is 0 Å². The molecule has 0 atom stereocenters. The average molecular weight is 193 g/mol. The van der Waals surface area contributed by atoms with Crippen LogP contribution in [0.5, 0.6) is 5.75 Å². The standard InChI is InChI=1S/C10H11NO3/c1-12-6-9-8-5-7(13-2)3-4-10(8)14-11-9/h3-5H,6H2,1-2H3. The van der Waals surface area contributed by atoms with Crippen molar-refractivity contribution in [3.63, 3.8) is 0 Å². The van der Waals surface area contributed by atoms with Crippen LogP contribution in [0, 0.1) is 0 Å². The third kappa shape index (κ3) is 1.44. The van der Waals surface area contributed by atoms with E-state index in [-0.39, 0.29) is 0 Å². The molecule has 0 amide bonds. The number of aromatic nitrogens is 1. The predicted molar refractivity (Wildman–Crippen MR) is 51.3 cm³/mol. The van der Waals surface area contributed by atoms with Gasteiger partial charge in [-0.25, -0.2) is 0 Å². The van der Waals surface area contributed by atoms with Gasteiger partial charge >= 0.3 is 0 Å². The van der Waals surface area contributed by atoms with Crippen molar-refractivity contribution in [2.45, 2.75) is 6.61 Å². The third-order valence-electron chi connectivity index (χ3n) is 2.03. The Morgan fingerprint density at radius 3 is 2.93 bits per heavy atom. The van der Waals surface area contributed by atoms with Crippen molar-refractivity contribution in [3.8, 4) is 5.75 Å². The summed E-state index contributed by atoms with van der Waals surface area (Å²) in [6, 6.07) is 5.56. The quantitative estimate of drug-likeness (QED) is 0.747. The van der Waals surface area contributed by atoms with Gasteiger partial charge < -0.3 is 14.0 Å². The van der Waals surface area contributed by atoms with Crippen LogP contribution in [0.15, 0.2) is 22.7 Å². The van der Waals surface area contributed by atoms with Crippen LogP contribution < -0.4 is 4.74 Å². The van der Waals surface area contributed by atoms with E-state index in [9.17, 15) is 0 Å². The summed E-state index contributed by atoms with van der Waals surface area (Å²) in [6.07, 6.45) is 0. The molecule has 0 fully saturated rings. The number of hydrogen-bond acceptors (Lipinski definition) is 4. The molecule has 0 saturated carbocycles. The van der Waals surface area contributed by atoms with Gasteiger partial charge in [0.1, 0.15) is 11.4 Å². The van der Waals surface area contributed by atoms with Crippen LogP contribution in [0.3, 0.4) is 0 Å². The maximum atomic E-state index is 5.12. The number of rotatable bonds is 3. The summed E-state index contributed by atoms with van der Waals surface area (Å²) in [5, 5.41) is 4.84. The van der Waals surface area contributed by atoms with Gasteiger partial charge in [0.05, 0.1) is 19.1 Å². The SMILES string of the molecule is COCc1noc2ccc(OC)cc12. The van der Waals surface area contributed by atoms with Crippen molar-refractivity contribution in [2.75, 3.05) is 14.2 Å². The van der Waals surface area contributed by atoms with Crippen molar-refractivity contribution < 1.29 is 14.0 Å². The van der Waals surface area contributed by atoms with Crippen molar-refractivity contribution in [1.82, 2.24) is 5.16 Å². The highest BCUT2D eigenvalue weighted by atomic mass is 16.5. The fourth-order valence-corrected chi connectivity index (χ4v) is 1.34. The highest BCUT2D eigenvalue weighted by Gasteiger charge is 2.08. The summed E-state index contributed by atoms with van der Waals surface area (Å²) >= 11 is 0. The maximum Gasteiger partial charge on any atom is 0.167 e. The van der Waals surface area contributed by atoms with E-state index in [2.05, 4.69) is 5.16 Å². The van der Waals surface area contributed by atoms with E-state index in [1.807, 2.05) is 18.2 Å². The maximum absolute atomic E-state index is 5.12. The number of fused-ring (bicyclic) bond motifs is 1. The van der Waals surface area contributed by atoms with Gasteiger partial charge in [-0.3, -0.25) is 0 Å². The molecule has 0 radical (unpaired) electrons. The Hall–Kier alpha value is -1.55. The molecule has 1 aromatic heterocycles. The van der Waals surface area contributed by atoms with Gasteiger partial charge in [-0.05, 0) is 18.2 Å². The van der Waals surface area contributed by atoms with Crippen LogP contribution in [0.1, 0.15) is 5.69 Å². The summed E-state index contributed by atoms with van der Waals surface area (Å²) < 4.78 is 15.2. The highest BCUT2D eigenvalue weighted by molar-refractivity contribution is 5.80. The number of hydrogen-bond donors (Lipinski definition) is 0. The average Bonchev–Trinajstić information content (AvgIpc) is 2.61. The molecule has 2 rings (SSSR count). The molecule has 0 N–H and O–H groups in total. The second-order valence-corrected chi connectivity index (χ2v) is 2.92. The first kappa shape index (κ1) is 9.02. The normalized spacial score (nSPS) is 10.7. The van der Waals surface area contributed by atoms with Gasteiger partial charge in [0.25, 0.3) is 0 Å². The van der Waals surface area contributed by atoms with Crippen LogP contribution in [-0.4, -0.2) is 19.4 Å². The van der Waals surface area contributed by atoms with Crippen LogP contribution in [0.25, 0.3) is 11.0 Å². The predicted octanol–water partition coefficient (Wildman–Crippen LogP) is 1.98. The zero-order chi connectivity index (χ0) is 9.97. The lowest BCUT2D eigenvalue weighted by molar-refractivity contribution is 0.178. The van der Waals surface area contributed by atoms with Crippen LogP contribution in [0.2, 0.25) is 0 Å². The van der Waals surface area contributed by atoms with E-state index in [0.29, 0.717) is 6.61 Å². The minimum absolute atomic E-state index is 0.445. The Morgan fingerprint density at radius 2 is 2.21 bits per heavy atom. The minimum atomic E-state index is 0.445. The molecular weight excluding hydrogens is 182 g/mol. The zero-order valence-corrected chi connectivity index (χ0v) is 8.11. The van der Waals surface area contributed by atoms with Crippen molar-refractivity contribution >= 4 is 11.0 Å². The topological polar surface area (TPSA) is 44.5 Å². The van der Waals surface area contributed by atoms with Crippen molar-refractivity contribution in [1.29, 1.82) is 0 Å². The summed E-state index contributed by atoms with van der Waals surface area (Å²) in [5.41, 5.74) is 1.54. The molecule has 0 aliphatic rings. The largest absolute Gasteiger partial charge is 0.497 e. The van der Waals surface area contributed by atoms with E-state index >= 15 is 0 Å². The third-order valence-corrected chi connectivity index (χ3v) is 2.03. The van der Waals surface area contributed by atoms with Crippen molar-refractivity contribution in [3.05, 3.63) is 23.9 Å². The smallest absolute Gasteiger partial charge is 0.167 e. The lowest BCUT2D eigenvalue weighted by Crippen LogP contribution is -1.88. The Morgan fingerprint density at radius 1 is 1.36 bits per heavy atom. The molecule has 14 heavy (non-hydrogen) atoms. The van der Waals surface area contributed by atoms with Gasteiger partial charge in [0, 0.05) is 7.11 Å². The van der Waals surface area contributed by atoms with Gasteiger partial charge in [-0.15, -0.1) is 0 Å². The van der Waals surface area contributed by atoms with Crippen molar-refractivity contribution in [2.24, 2.45) is 0 Å². The number of methoxy groups -OCH3 is 2. The molecule has 1 heterocycles. The Bertz CT molecular complexity index is 436. The summed E-state index contributed by atoms with van der Waals surface area (Å²) in [4.78, 5) is 0. The molecule has 0 bridgehead atoms. The van der Waals surface area contributed by atoms with E-state index < -0.39 is 0 Å². The molecule has 0 aliphatic carbocycles. The van der Waals surface area contributed by atoms with Crippen LogP contribution in [-0.2, 0) is 11.3 Å². The van der Waals surface area contributed by atoms with Gasteiger partial charge in [0.15, 0.2) is 5.58 Å². The first-order valence-electron chi connectivity index (χ1n) is 4.26. The first-order chi connectivity index (χ1) is 6.85. The molecule has 74 valence electrons. The number of benzene rings is 1. The van der Waals surface area contributed by atoms with Crippen LogP contribution in [0.4, 0.5) is 0 Å². The van der Waals surface area contributed by atoms with Gasteiger partial charge in [-0.2, -0.15) is 0 Å². The Balaban J connectivity index is 2.52. The molecule has 4 nitrogen and oxygen atoms in total. The molecular formula is C10H11NO3. The monoisotopic (exact) mass is 193 g/mol. The molecule has 2 aromatic rings. The highest BCUT2D eigenvalue weighted by Crippen LogP contribution is 2.23. The fraction of sp³-hybridized carbons (Fsp3) is 0.300.